The molecule has 78 valence electrons. The highest BCUT2D eigenvalue weighted by Crippen LogP contribution is 2.20. The van der Waals surface area contributed by atoms with Gasteiger partial charge in [-0.1, -0.05) is 0 Å². The van der Waals surface area contributed by atoms with Crippen molar-refractivity contribution < 1.29 is 13.9 Å². The summed E-state index contributed by atoms with van der Waals surface area (Å²) in [6, 6.07) is 2.12. The van der Waals surface area contributed by atoms with Gasteiger partial charge < -0.3 is 10.4 Å². The summed E-state index contributed by atoms with van der Waals surface area (Å²) < 4.78 is 26.0. The van der Waals surface area contributed by atoms with E-state index >= 15 is 0 Å². The van der Waals surface area contributed by atoms with Crippen molar-refractivity contribution in [3.8, 4) is 0 Å². The number of aliphatic hydroxyl groups is 1. The van der Waals surface area contributed by atoms with Crippen molar-refractivity contribution in [1.29, 1.82) is 0 Å². The van der Waals surface area contributed by atoms with E-state index in [1.165, 1.54) is 13.0 Å². The van der Waals surface area contributed by atoms with Gasteiger partial charge in [-0.3, -0.25) is 0 Å². The first-order chi connectivity index (χ1) is 6.56. The number of benzene rings is 1. The summed E-state index contributed by atoms with van der Waals surface area (Å²) in [6.07, 6.45) is -0.945. The maximum absolute atomic E-state index is 13.2. The lowest BCUT2D eigenvalue weighted by molar-refractivity contribution is 0.173. The van der Waals surface area contributed by atoms with Crippen LogP contribution in [0.1, 0.15) is 17.2 Å². The van der Waals surface area contributed by atoms with Crippen LogP contribution in [0.4, 0.5) is 8.78 Å². The second kappa shape index (κ2) is 4.48. The van der Waals surface area contributed by atoms with E-state index in [0.29, 0.717) is 5.56 Å². The van der Waals surface area contributed by atoms with Crippen molar-refractivity contribution >= 4 is 0 Å². The van der Waals surface area contributed by atoms with Gasteiger partial charge >= 0.3 is 0 Å². The summed E-state index contributed by atoms with van der Waals surface area (Å²) in [5.74, 6) is -1.31. The fraction of sp³-hybridized carbons (Fsp3) is 0.400. The molecule has 0 aliphatic rings. The molecular formula is C10H13F2NO. The van der Waals surface area contributed by atoms with E-state index in [2.05, 4.69) is 5.32 Å². The minimum absolute atomic E-state index is 0.123. The Morgan fingerprint density at radius 2 is 2.00 bits per heavy atom. The molecule has 0 aliphatic heterocycles. The summed E-state index contributed by atoms with van der Waals surface area (Å²) in [7, 11) is 1.65. The lowest BCUT2D eigenvalue weighted by atomic mass is 10.1. The number of halogens is 2. The second-order valence-electron chi connectivity index (χ2n) is 3.20. The normalized spacial score (nSPS) is 12.9. The molecule has 0 saturated carbocycles. The van der Waals surface area contributed by atoms with E-state index in [4.69, 9.17) is 0 Å². The molecule has 0 heterocycles. The van der Waals surface area contributed by atoms with E-state index in [1.807, 2.05) is 0 Å². The first kappa shape index (κ1) is 11.1. The highest BCUT2D eigenvalue weighted by Gasteiger charge is 2.14. The molecule has 1 aromatic rings. The van der Waals surface area contributed by atoms with Crippen molar-refractivity contribution in [3.05, 3.63) is 34.9 Å². The van der Waals surface area contributed by atoms with E-state index < -0.39 is 17.7 Å². The number of nitrogens with one attached hydrogen (secondary N) is 1. The average Bonchev–Trinajstić information content (AvgIpc) is 2.11. The fourth-order valence-corrected chi connectivity index (χ4v) is 1.24. The molecule has 0 saturated heterocycles. The summed E-state index contributed by atoms with van der Waals surface area (Å²) >= 11 is 0. The van der Waals surface area contributed by atoms with Crippen LogP contribution in [0.5, 0.6) is 0 Å². The molecule has 14 heavy (non-hydrogen) atoms. The van der Waals surface area contributed by atoms with Crippen LogP contribution in [-0.2, 0) is 0 Å². The number of rotatable bonds is 3. The van der Waals surface area contributed by atoms with Gasteiger partial charge in [0.05, 0.1) is 6.10 Å². The molecule has 0 fully saturated rings. The van der Waals surface area contributed by atoms with Gasteiger partial charge in [0.25, 0.3) is 0 Å². The monoisotopic (exact) mass is 201 g/mol. The molecule has 4 heteroatoms. The van der Waals surface area contributed by atoms with E-state index in [-0.39, 0.29) is 12.1 Å². The Kier molecular flexibility index (Phi) is 3.55. The zero-order valence-corrected chi connectivity index (χ0v) is 8.14. The Bertz CT molecular complexity index is 328. The highest BCUT2D eigenvalue weighted by molar-refractivity contribution is 5.27. The predicted octanol–water partition coefficient (Wildman–Crippen LogP) is 1.53. The van der Waals surface area contributed by atoms with E-state index in [9.17, 15) is 13.9 Å². The summed E-state index contributed by atoms with van der Waals surface area (Å²) in [5.41, 5.74) is 0.454. The van der Waals surface area contributed by atoms with Crippen molar-refractivity contribution in [2.45, 2.75) is 13.0 Å². The molecule has 1 unspecified atom stereocenters. The minimum atomic E-state index is -0.945. The topological polar surface area (TPSA) is 32.3 Å². The molecule has 1 aromatic carbocycles. The first-order valence-corrected chi connectivity index (χ1v) is 4.34. The van der Waals surface area contributed by atoms with Gasteiger partial charge in [0, 0.05) is 18.2 Å². The largest absolute Gasteiger partial charge is 0.387 e. The van der Waals surface area contributed by atoms with Gasteiger partial charge in [-0.15, -0.1) is 0 Å². The lowest BCUT2D eigenvalue weighted by Gasteiger charge is -2.12. The summed E-state index contributed by atoms with van der Waals surface area (Å²) in [5, 5.41) is 12.2. The highest BCUT2D eigenvalue weighted by atomic mass is 19.1. The number of aryl methyl sites for hydroxylation is 1. The zero-order valence-electron chi connectivity index (χ0n) is 8.14. The number of likely N-dealkylation sites (N-methyl/N-ethyl adjacent to an activating group) is 1. The molecule has 2 nitrogen and oxygen atoms in total. The van der Waals surface area contributed by atoms with Crippen LogP contribution in [0, 0.1) is 18.6 Å². The van der Waals surface area contributed by atoms with Gasteiger partial charge in [-0.05, 0) is 25.6 Å². The maximum Gasteiger partial charge on any atom is 0.131 e. The molecule has 2 N–H and O–H groups in total. The molecular weight excluding hydrogens is 188 g/mol. The third-order valence-corrected chi connectivity index (χ3v) is 2.03. The molecule has 1 atom stereocenters. The Morgan fingerprint density at radius 3 is 2.57 bits per heavy atom. The Labute approximate surface area is 81.6 Å². The van der Waals surface area contributed by atoms with E-state index in [0.717, 1.165) is 6.07 Å². The Hall–Kier alpha value is -1.00. The standard InChI is InChI=1S/C10H13F2NO/c1-6-3-7(10(14)5-13-2)9(12)4-8(6)11/h3-4,10,13-14H,5H2,1-2H3. The second-order valence-corrected chi connectivity index (χ2v) is 3.20. The van der Waals surface area contributed by atoms with Crippen LogP contribution in [0.2, 0.25) is 0 Å². The van der Waals surface area contributed by atoms with Crippen molar-refractivity contribution in [2.75, 3.05) is 13.6 Å². The third kappa shape index (κ3) is 2.27. The van der Waals surface area contributed by atoms with Gasteiger partial charge in [0.1, 0.15) is 11.6 Å². The molecule has 0 bridgehead atoms. The average molecular weight is 201 g/mol. The van der Waals surface area contributed by atoms with Crippen molar-refractivity contribution in [1.82, 2.24) is 5.32 Å². The molecule has 1 rings (SSSR count). The van der Waals surface area contributed by atoms with Crippen LogP contribution in [0.15, 0.2) is 12.1 Å². The minimum Gasteiger partial charge on any atom is -0.387 e. The van der Waals surface area contributed by atoms with Crippen LogP contribution >= 0.6 is 0 Å². The SMILES string of the molecule is CNCC(O)c1cc(C)c(F)cc1F. The van der Waals surface area contributed by atoms with Crippen molar-refractivity contribution in [3.63, 3.8) is 0 Å². The summed E-state index contributed by atoms with van der Waals surface area (Å²) in [6.45, 7) is 1.77. The van der Waals surface area contributed by atoms with Crippen molar-refractivity contribution in [2.24, 2.45) is 0 Å². The molecule has 0 radical (unpaired) electrons. The zero-order chi connectivity index (χ0) is 10.7. The smallest absolute Gasteiger partial charge is 0.131 e. The lowest BCUT2D eigenvalue weighted by Crippen LogP contribution is -2.18. The molecule has 0 aromatic heterocycles. The quantitative estimate of drug-likeness (QED) is 0.777. The van der Waals surface area contributed by atoms with Crippen LogP contribution < -0.4 is 5.32 Å². The molecule has 0 amide bonds. The van der Waals surface area contributed by atoms with Gasteiger partial charge in [0.2, 0.25) is 0 Å². The van der Waals surface area contributed by atoms with Crippen LogP contribution in [0.25, 0.3) is 0 Å². The number of aliphatic hydroxyl groups excluding tert-OH is 1. The van der Waals surface area contributed by atoms with E-state index in [1.54, 1.807) is 7.05 Å². The third-order valence-electron chi connectivity index (χ3n) is 2.03. The predicted molar refractivity (Wildman–Crippen MR) is 50.0 cm³/mol. The van der Waals surface area contributed by atoms with Crippen LogP contribution in [0.3, 0.4) is 0 Å². The Balaban J connectivity index is 3.02. The first-order valence-electron chi connectivity index (χ1n) is 4.34. The van der Waals surface area contributed by atoms with Gasteiger partial charge in [0.15, 0.2) is 0 Å². The summed E-state index contributed by atoms with van der Waals surface area (Å²) in [4.78, 5) is 0. The number of hydrogen-bond acceptors (Lipinski definition) is 2. The Morgan fingerprint density at radius 1 is 1.36 bits per heavy atom. The van der Waals surface area contributed by atoms with Gasteiger partial charge in [-0.2, -0.15) is 0 Å². The maximum atomic E-state index is 13.2. The molecule has 0 spiro atoms. The van der Waals surface area contributed by atoms with Gasteiger partial charge in [-0.25, -0.2) is 8.78 Å². The number of hydrogen-bond donors (Lipinski definition) is 2. The fourth-order valence-electron chi connectivity index (χ4n) is 1.24. The van der Waals surface area contributed by atoms with Crippen LogP contribution in [-0.4, -0.2) is 18.7 Å². The molecule has 0 aliphatic carbocycles.